The molecule has 7 heteroatoms. The van der Waals surface area contributed by atoms with E-state index in [1.54, 1.807) is 13.8 Å². The first-order chi connectivity index (χ1) is 7.10. The van der Waals surface area contributed by atoms with E-state index in [2.05, 4.69) is 20.1 Å². The molecule has 0 fully saturated rings. The monoisotopic (exact) mass is 234 g/mol. The highest BCUT2D eigenvalue weighted by atomic mass is 32.1. The van der Waals surface area contributed by atoms with Gasteiger partial charge >= 0.3 is 12.1 Å². The zero-order valence-electron chi connectivity index (χ0n) is 8.66. The highest BCUT2D eigenvalue weighted by molar-refractivity contribution is 7.80. The SMILES string of the molecule is CCOC(=O)CNC(=S)NC(=O)OCC. The van der Waals surface area contributed by atoms with Gasteiger partial charge in [-0.25, -0.2) is 4.79 Å². The molecule has 0 spiro atoms. The van der Waals surface area contributed by atoms with Crippen molar-refractivity contribution in [1.82, 2.24) is 10.6 Å². The van der Waals surface area contributed by atoms with Crippen molar-refractivity contribution in [3.8, 4) is 0 Å². The Hall–Kier alpha value is -1.37. The van der Waals surface area contributed by atoms with Crippen molar-refractivity contribution in [3.05, 3.63) is 0 Å². The lowest BCUT2D eigenvalue weighted by Gasteiger charge is -2.08. The summed E-state index contributed by atoms with van der Waals surface area (Å²) in [6.07, 6.45) is -0.654. The molecule has 0 rings (SSSR count). The summed E-state index contributed by atoms with van der Waals surface area (Å²) in [6, 6.07) is 0. The van der Waals surface area contributed by atoms with E-state index in [9.17, 15) is 9.59 Å². The Kier molecular flexibility index (Phi) is 7.25. The second-order valence-electron chi connectivity index (χ2n) is 2.33. The highest BCUT2D eigenvalue weighted by Crippen LogP contribution is 1.79. The minimum Gasteiger partial charge on any atom is -0.465 e. The Morgan fingerprint density at radius 3 is 2.33 bits per heavy atom. The number of ether oxygens (including phenoxy) is 2. The van der Waals surface area contributed by atoms with Crippen LogP contribution in [0.3, 0.4) is 0 Å². The fourth-order valence-electron chi connectivity index (χ4n) is 0.669. The summed E-state index contributed by atoms with van der Waals surface area (Å²) in [6.45, 7) is 3.85. The summed E-state index contributed by atoms with van der Waals surface area (Å²) in [5.74, 6) is -0.439. The zero-order chi connectivity index (χ0) is 11.7. The maximum absolute atomic E-state index is 10.9. The van der Waals surface area contributed by atoms with E-state index in [0.717, 1.165) is 0 Å². The van der Waals surface area contributed by atoms with Gasteiger partial charge in [-0.15, -0.1) is 0 Å². The third-order valence-electron chi connectivity index (χ3n) is 1.19. The second-order valence-corrected chi connectivity index (χ2v) is 2.74. The van der Waals surface area contributed by atoms with E-state index < -0.39 is 12.1 Å². The van der Waals surface area contributed by atoms with Gasteiger partial charge in [0.1, 0.15) is 6.54 Å². The summed E-state index contributed by atoms with van der Waals surface area (Å²) in [5.41, 5.74) is 0. The van der Waals surface area contributed by atoms with Crippen LogP contribution in [0.5, 0.6) is 0 Å². The lowest BCUT2D eigenvalue weighted by atomic mass is 10.6. The van der Waals surface area contributed by atoms with Crippen LogP contribution in [0.15, 0.2) is 0 Å². The number of carbonyl (C=O) groups excluding carboxylic acids is 2. The van der Waals surface area contributed by atoms with Gasteiger partial charge in [0.05, 0.1) is 13.2 Å². The second kappa shape index (κ2) is 7.98. The third kappa shape index (κ3) is 7.68. The van der Waals surface area contributed by atoms with Gasteiger partial charge in [-0.3, -0.25) is 10.1 Å². The number of esters is 1. The van der Waals surface area contributed by atoms with Gasteiger partial charge in [0.25, 0.3) is 0 Å². The maximum atomic E-state index is 10.9. The van der Waals surface area contributed by atoms with Gasteiger partial charge < -0.3 is 14.8 Å². The Balaban J connectivity index is 3.66. The van der Waals surface area contributed by atoms with Crippen molar-refractivity contribution in [2.75, 3.05) is 19.8 Å². The molecule has 0 atom stereocenters. The predicted molar refractivity (Wildman–Crippen MR) is 57.4 cm³/mol. The lowest BCUT2D eigenvalue weighted by Crippen LogP contribution is -2.41. The number of hydrogen-bond donors (Lipinski definition) is 2. The van der Waals surface area contributed by atoms with Crippen molar-refractivity contribution in [3.63, 3.8) is 0 Å². The molecule has 15 heavy (non-hydrogen) atoms. The van der Waals surface area contributed by atoms with Crippen LogP contribution in [0.4, 0.5) is 4.79 Å². The van der Waals surface area contributed by atoms with E-state index in [1.165, 1.54) is 0 Å². The van der Waals surface area contributed by atoms with Crippen LogP contribution in [-0.4, -0.2) is 36.9 Å². The van der Waals surface area contributed by atoms with E-state index in [1.807, 2.05) is 0 Å². The predicted octanol–water partition coefficient (Wildman–Crippen LogP) is 0.170. The molecule has 0 unspecified atom stereocenters. The smallest absolute Gasteiger partial charge is 0.413 e. The normalized spacial score (nSPS) is 8.93. The molecule has 0 aromatic heterocycles. The molecule has 86 valence electrons. The molecule has 0 saturated heterocycles. The average molecular weight is 234 g/mol. The first-order valence-corrected chi connectivity index (χ1v) is 4.88. The molecule has 0 aromatic rings. The number of rotatable bonds is 4. The number of amides is 1. The van der Waals surface area contributed by atoms with Gasteiger partial charge in [-0.1, -0.05) is 0 Å². The van der Waals surface area contributed by atoms with Gasteiger partial charge in [0.2, 0.25) is 0 Å². The van der Waals surface area contributed by atoms with Crippen molar-refractivity contribution in [2.45, 2.75) is 13.8 Å². The Labute approximate surface area is 93.3 Å². The molecule has 0 aromatic carbocycles. The quantitative estimate of drug-likeness (QED) is 0.533. The van der Waals surface area contributed by atoms with Crippen LogP contribution in [-0.2, 0) is 14.3 Å². The average Bonchev–Trinajstić information content (AvgIpc) is 2.15. The van der Waals surface area contributed by atoms with Gasteiger partial charge in [0.15, 0.2) is 5.11 Å². The minimum absolute atomic E-state index is 0.0292. The molecule has 0 heterocycles. The number of carbonyl (C=O) groups is 2. The molecule has 0 aliphatic heterocycles. The van der Waals surface area contributed by atoms with Gasteiger partial charge in [-0.05, 0) is 26.1 Å². The fraction of sp³-hybridized carbons (Fsp3) is 0.625. The topological polar surface area (TPSA) is 76.7 Å². The molecule has 0 aliphatic rings. The van der Waals surface area contributed by atoms with Crippen LogP contribution in [0.1, 0.15) is 13.8 Å². The molecule has 6 nitrogen and oxygen atoms in total. The molecule has 0 radical (unpaired) electrons. The van der Waals surface area contributed by atoms with Gasteiger partial charge in [0, 0.05) is 0 Å². The van der Waals surface area contributed by atoms with Crippen LogP contribution in [0, 0.1) is 0 Å². The van der Waals surface area contributed by atoms with E-state index in [-0.39, 0.29) is 18.3 Å². The van der Waals surface area contributed by atoms with Crippen LogP contribution in [0.25, 0.3) is 0 Å². The van der Waals surface area contributed by atoms with Crippen molar-refractivity contribution in [2.24, 2.45) is 0 Å². The summed E-state index contributed by atoms with van der Waals surface area (Å²) >= 11 is 4.72. The van der Waals surface area contributed by atoms with Crippen LogP contribution < -0.4 is 10.6 Å². The number of alkyl carbamates (subject to hydrolysis) is 1. The largest absolute Gasteiger partial charge is 0.465 e. The number of nitrogens with one attached hydrogen (secondary N) is 2. The Morgan fingerprint density at radius 1 is 1.20 bits per heavy atom. The highest BCUT2D eigenvalue weighted by Gasteiger charge is 2.06. The molecule has 0 saturated carbocycles. The Morgan fingerprint density at radius 2 is 1.80 bits per heavy atom. The summed E-state index contributed by atoms with van der Waals surface area (Å²) in [7, 11) is 0. The van der Waals surface area contributed by atoms with E-state index >= 15 is 0 Å². The first-order valence-electron chi connectivity index (χ1n) is 4.47. The third-order valence-corrected chi connectivity index (χ3v) is 1.44. The van der Waals surface area contributed by atoms with Crippen molar-refractivity contribution >= 4 is 29.4 Å². The van der Waals surface area contributed by atoms with Crippen molar-refractivity contribution < 1.29 is 19.1 Å². The molecule has 1 amide bonds. The maximum Gasteiger partial charge on any atom is 0.413 e. The van der Waals surface area contributed by atoms with Crippen LogP contribution >= 0.6 is 12.2 Å². The lowest BCUT2D eigenvalue weighted by molar-refractivity contribution is -0.141. The Bertz CT molecular complexity index is 245. The summed E-state index contributed by atoms with van der Waals surface area (Å²) in [5, 5.41) is 4.76. The number of thiocarbonyl (C=S) groups is 1. The van der Waals surface area contributed by atoms with Crippen LogP contribution in [0.2, 0.25) is 0 Å². The summed E-state index contributed by atoms with van der Waals surface area (Å²) in [4.78, 5) is 21.7. The number of hydrogen-bond acceptors (Lipinski definition) is 5. The van der Waals surface area contributed by atoms with Crippen molar-refractivity contribution in [1.29, 1.82) is 0 Å². The standard InChI is InChI=1S/C8H14N2O4S/c1-3-13-6(11)5-9-7(15)10-8(12)14-4-2/h3-5H2,1-2H3,(H2,9,10,12,15). The molecule has 2 N–H and O–H groups in total. The van der Waals surface area contributed by atoms with E-state index in [0.29, 0.717) is 6.61 Å². The molecular formula is C8H14N2O4S. The summed E-state index contributed by atoms with van der Waals surface area (Å²) < 4.78 is 9.21. The van der Waals surface area contributed by atoms with E-state index in [4.69, 9.17) is 12.2 Å². The fourth-order valence-corrected chi connectivity index (χ4v) is 0.824. The minimum atomic E-state index is -0.654. The zero-order valence-corrected chi connectivity index (χ0v) is 9.48. The first kappa shape index (κ1) is 13.6. The molecular weight excluding hydrogens is 220 g/mol. The molecule has 0 aliphatic carbocycles. The molecule has 0 bridgehead atoms. The van der Waals surface area contributed by atoms with Gasteiger partial charge in [-0.2, -0.15) is 0 Å².